The normalized spacial score (nSPS) is 20.2. The van der Waals surface area contributed by atoms with Gasteiger partial charge in [0.1, 0.15) is 0 Å². The summed E-state index contributed by atoms with van der Waals surface area (Å²) in [5, 5.41) is 0. The summed E-state index contributed by atoms with van der Waals surface area (Å²) < 4.78 is 44.5. The fourth-order valence-corrected chi connectivity index (χ4v) is 2.71. The lowest BCUT2D eigenvalue weighted by Gasteiger charge is -2.35. The minimum Gasteiger partial charge on any atom is -0.399 e. The average molecular weight is 288 g/mol. The van der Waals surface area contributed by atoms with Crippen LogP contribution in [0.3, 0.4) is 0 Å². The molecule has 2 N–H and O–H groups in total. The zero-order chi connectivity index (χ0) is 14.8. The number of benzene rings is 1. The Morgan fingerprint density at radius 1 is 1.40 bits per heavy atom. The minimum absolute atomic E-state index is 0.131. The topological polar surface area (TPSA) is 38.5 Å². The van der Waals surface area contributed by atoms with Crippen LogP contribution in [-0.4, -0.2) is 26.8 Å². The van der Waals surface area contributed by atoms with E-state index in [1.54, 1.807) is 12.0 Å². The maximum absolute atomic E-state index is 13.1. The molecule has 1 aliphatic rings. The summed E-state index contributed by atoms with van der Waals surface area (Å²) in [6, 6.07) is 3.99. The van der Waals surface area contributed by atoms with Gasteiger partial charge in [-0.3, -0.25) is 0 Å². The highest BCUT2D eigenvalue weighted by molar-refractivity contribution is 5.61. The van der Waals surface area contributed by atoms with Gasteiger partial charge in [-0.1, -0.05) is 0 Å². The minimum atomic E-state index is -4.39. The number of anilines is 2. The van der Waals surface area contributed by atoms with Gasteiger partial charge in [0.15, 0.2) is 0 Å². The molecular weight excluding hydrogens is 269 g/mol. The second-order valence-electron chi connectivity index (χ2n) is 5.18. The number of ether oxygens (including phenoxy) is 1. The third-order valence-corrected chi connectivity index (χ3v) is 3.59. The number of piperidine rings is 1. The van der Waals surface area contributed by atoms with Crippen molar-refractivity contribution >= 4 is 11.4 Å². The molecule has 3 nitrogen and oxygen atoms in total. The number of hydrogen-bond acceptors (Lipinski definition) is 3. The standard InChI is InChI=1S/C14H19F3N2O/c1-20-9-10-3-2-6-19(8-10)13-5-4-11(18)7-12(13)14(15,16)17/h4-5,7,10H,2-3,6,8-9,18H2,1H3. The zero-order valence-corrected chi connectivity index (χ0v) is 11.4. The van der Waals surface area contributed by atoms with Crippen molar-refractivity contribution in [2.45, 2.75) is 19.0 Å². The molecule has 0 amide bonds. The first-order chi connectivity index (χ1) is 9.41. The van der Waals surface area contributed by atoms with E-state index in [0.717, 1.165) is 18.9 Å². The molecular formula is C14H19F3N2O. The van der Waals surface area contributed by atoms with E-state index in [0.29, 0.717) is 19.7 Å². The molecule has 1 heterocycles. The van der Waals surface area contributed by atoms with Crippen LogP contribution in [0.4, 0.5) is 24.5 Å². The summed E-state index contributed by atoms with van der Waals surface area (Å²) in [6.07, 6.45) is -2.53. The summed E-state index contributed by atoms with van der Waals surface area (Å²) in [7, 11) is 1.61. The smallest absolute Gasteiger partial charge is 0.399 e. The largest absolute Gasteiger partial charge is 0.418 e. The molecule has 0 spiro atoms. The Hall–Kier alpha value is -1.43. The third kappa shape index (κ3) is 3.36. The van der Waals surface area contributed by atoms with E-state index in [1.165, 1.54) is 12.1 Å². The molecule has 1 fully saturated rings. The number of hydrogen-bond donors (Lipinski definition) is 1. The van der Waals surface area contributed by atoms with Crippen LogP contribution in [0.5, 0.6) is 0 Å². The maximum atomic E-state index is 13.1. The lowest BCUT2D eigenvalue weighted by molar-refractivity contribution is -0.137. The number of halogens is 3. The van der Waals surface area contributed by atoms with Crippen LogP contribution in [0.2, 0.25) is 0 Å². The van der Waals surface area contributed by atoms with Crippen LogP contribution in [0, 0.1) is 5.92 Å². The first-order valence-electron chi connectivity index (χ1n) is 6.62. The van der Waals surface area contributed by atoms with Crippen molar-refractivity contribution in [2.24, 2.45) is 5.92 Å². The summed E-state index contributed by atoms with van der Waals surface area (Å²) in [4.78, 5) is 1.79. The SMILES string of the molecule is COCC1CCCN(c2ccc(N)cc2C(F)(F)F)C1. The van der Waals surface area contributed by atoms with Crippen molar-refractivity contribution in [1.29, 1.82) is 0 Å². The predicted molar refractivity (Wildman–Crippen MR) is 72.7 cm³/mol. The Bertz CT molecular complexity index is 460. The van der Waals surface area contributed by atoms with Crippen molar-refractivity contribution in [1.82, 2.24) is 0 Å². The molecule has 1 saturated heterocycles. The lowest BCUT2D eigenvalue weighted by Crippen LogP contribution is -2.38. The predicted octanol–water partition coefficient (Wildman–Crippen LogP) is 3.15. The fourth-order valence-electron chi connectivity index (χ4n) is 2.71. The van der Waals surface area contributed by atoms with E-state index in [1.807, 2.05) is 0 Å². The molecule has 1 aromatic rings. The number of methoxy groups -OCH3 is 1. The number of nitrogens with two attached hydrogens (primary N) is 1. The Balaban J connectivity index is 2.27. The number of nitrogen functional groups attached to an aromatic ring is 1. The molecule has 1 aromatic carbocycles. The van der Waals surface area contributed by atoms with Crippen molar-refractivity contribution in [2.75, 3.05) is 37.4 Å². The van der Waals surface area contributed by atoms with Gasteiger partial charge in [0.05, 0.1) is 12.2 Å². The van der Waals surface area contributed by atoms with Gasteiger partial charge >= 0.3 is 6.18 Å². The van der Waals surface area contributed by atoms with Gasteiger partial charge in [-0.15, -0.1) is 0 Å². The number of alkyl halides is 3. The molecule has 2 rings (SSSR count). The van der Waals surface area contributed by atoms with Crippen LogP contribution in [0.25, 0.3) is 0 Å². The highest BCUT2D eigenvalue weighted by Gasteiger charge is 2.36. The van der Waals surface area contributed by atoms with Gasteiger partial charge in [-0.2, -0.15) is 13.2 Å². The van der Waals surface area contributed by atoms with Gasteiger partial charge in [0.25, 0.3) is 0 Å². The second kappa shape index (κ2) is 5.91. The fraction of sp³-hybridized carbons (Fsp3) is 0.571. The van der Waals surface area contributed by atoms with Gasteiger partial charge in [0.2, 0.25) is 0 Å². The maximum Gasteiger partial charge on any atom is 0.418 e. The van der Waals surface area contributed by atoms with Crippen LogP contribution in [0.15, 0.2) is 18.2 Å². The molecule has 0 aromatic heterocycles. The zero-order valence-electron chi connectivity index (χ0n) is 11.4. The Morgan fingerprint density at radius 3 is 2.80 bits per heavy atom. The van der Waals surface area contributed by atoms with E-state index in [9.17, 15) is 13.2 Å². The van der Waals surface area contributed by atoms with Gasteiger partial charge < -0.3 is 15.4 Å². The van der Waals surface area contributed by atoms with Crippen molar-refractivity contribution < 1.29 is 17.9 Å². The molecule has 1 aliphatic heterocycles. The summed E-state index contributed by atoms with van der Waals surface area (Å²) in [5.41, 5.74) is 5.18. The number of rotatable bonds is 3. The van der Waals surface area contributed by atoms with Crippen LogP contribution in [0.1, 0.15) is 18.4 Å². The summed E-state index contributed by atoms with van der Waals surface area (Å²) >= 11 is 0. The molecule has 0 bridgehead atoms. The van der Waals surface area contributed by atoms with E-state index in [2.05, 4.69) is 0 Å². The van der Waals surface area contributed by atoms with Crippen molar-refractivity contribution in [3.8, 4) is 0 Å². The summed E-state index contributed by atoms with van der Waals surface area (Å²) in [6.45, 7) is 1.79. The number of nitrogens with zero attached hydrogens (tertiary/aromatic N) is 1. The highest BCUT2D eigenvalue weighted by atomic mass is 19.4. The molecule has 0 radical (unpaired) electrons. The molecule has 0 aliphatic carbocycles. The lowest BCUT2D eigenvalue weighted by atomic mass is 9.97. The monoisotopic (exact) mass is 288 g/mol. The second-order valence-corrected chi connectivity index (χ2v) is 5.18. The molecule has 0 saturated carbocycles. The average Bonchev–Trinajstić information content (AvgIpc) is 2.38. The van der Waals surface area contributed by atoms with Gasteiger partial charge in [-0.05, 0) is 37.0 Å². The Kier molecular flexibility index (Phi) is 4.42. The van der Waals surface area contributed by atoms with E-state index >= 15 is 0 Å². The first-order valence-corrected chi connectivity index (χ1v) is 6.62. The first kappa shape index (κ1) is 15.0. The molecule has 1 atom stereocenters. The molecule has 6 heteroatoms. The van der Waals surface area contributed by atoms with E-state index in [-0.39, 0.29) is 17.3 Å². The van der Waals surface area contributed by atoms with Crippen LogP contribution < -0.4 is 10.6 Å². The molecule has 1 unspecified atom stereocenters. The summed E-state index contributed by atoms with van der Waals surface area (Å²) in [5.74, 6) is 0.271. The Labute approximate surface area is 116 Å². The van der Waals surface area contributed by atoms with Gasteiger partial charge in [0, 0.05) is 31.6 Å². The van der Waals surface area contributed by atoms with Crippen molar-refractivity contribution in [3.05, 3.63) is 23.8 Å². The van der Waals surface area contributed by atoms with Crippen molar-refractivity contribution in [3.63, 3.8) is 0 Å². The van der Waals surface area contributed by atoms with Crippen LogP contribution >= 0.6 is 0 Å². The highest BCUT2D eigenvalue weighted by Crippen LogP contribution is 2.39. The third-order valence-electron chi connectivity index (χ3n) is 3.59. The van der Waals surface area contributed by atoms with Gasteiger partial charge in [-0.25, -0.2) is 0 Å². The van der Waals surface area contributed by atoms with Crippen LogP contribution in [-0.2, 0) is 10.9 Å². The van der Waals surface area contributed by atoms with E-state index in [4.69, 9.17) is 10.5 Å². The Morgan fingerprint density at radius 2 is 2.15 bits per heavy atom. The molecule has 112 valence electrons. The quantitative estimate of drug-likeness (QED) is 0.868. The molecule has 20 heavy (non-hydrogen) atoms. The van der Waals surface area contributed by atoms with E-state index < -0.39 is 11.7 Å².